The van der Waals surface area contributed by atoms with E-state index in [1.807, 2.05) is 6.07 Å². The second kappa shape index (κ2) is 11.8. The molecule has 0 radical (unpaired) electrons. The fraction of sp³-hybridized carbons (Fsp3) is 0.189. The molecule has 0 amide bonds. The molecule has 3 nitrogen and oxygen atoms in total. The molecule has 2 unspecified atom stereocenters. The van der Waals surface area contributed by atoms with Crippen molar-refractivity contribution in [3.63, 3.8) is 0 Å². The molecular formula is C37H36N3P. The number of benzene rings is 4. The van der Waals surface area contributed by atoms with Crippen LogP contribution in [0, 0.1) is 19.8 Å². The number of anilines is 1. The zero-order valence-corrected chi connectivity index (χ0v) is 25.0. The normalized spacial score (nSPS) is 17.0. The molecule has 4 heteroatoms. The molecule has 41 heavy (non-hydrogen) atoms. The average Bonchev–Trinajstić information content (AvgIpc) is 3.02. The standard InChI is InChI=1S/C37H36N3P/c1-25-24-30-18-14-15-23-33(30)34(36(25)41(31-19-10-6-11-20-31)32-21-12-7-13-22-32)35-26(2)27(3)37(40-39-35)38-28(4)29-16-8-5-9-17-29/h5-25,28,36H,1-4H3,(H,38,40)/t25?,28-,36?/m1/s1. The van der Waals surface area contributed by atoms with E-state index in [0.29, 0.717) is 5.92 Å². The summed E-state index contributed by atoms with van der Waals surface area (Å²) in [5.41, 5.74) is 6.13. The van der Waals surface area contributed by atoms with E-state index in [9.17, 15) is 0 Å². The van der Waals surface area contributed by atoms with Crippen molar-refractivity contribution in [1.82, 2.24) is 10.2 Å². The van der Waals surface area contributed by atoms with E-state index in [0.717, 1.165) is 17.1 Å². The molecule has 0 saturated heterocycles. The van der Waals surface area contributed by atoms with E-state index >= 15 is 0 Å². The number of nitrogens with one attached hydrogen (secondary N) is 1. The molecule has 1 aliphatic carbocycles. The zero-order valence-electron chi connectivity index (χ0n) is 24.1. The second-order valence-corrected chi connectivity index (χ2v) is 13.3. The van der Waals surface area contributed by atoms with Gasteiger partial charge >= 0.3 is 0 Å². The van der Waals surface area contributed by atoms with Gasteiger partial charge in [0.15, 0.2) is 5.82 Å². The average molecular weight is 554 g/mol. The Kier molecular flexibility index (Phi) is 7.81. The van der Waals surface area contributed by atoms with Crippen LogP contribution in [0.25, 0.3) is 11.6 Å². The van der Waals surface area contributed by atoms with Crippen LogP contribution < -0.4 is 26.4 Å². The summed E-state index contributed by atoms with van der Waals surface area (Å²) in [6.07, 6.45) is 2.46. The van der Waals surface area contributed by atoms with Gasteiger partial charge in [-0.1, -0.05) is 128 Å². The number of nitrogens with zero attached hydrogens (tertiary/aromatic N) is 2. The van der Waals surface area contributed by atoms with Crippen molar-refractivity contribution in [3.8, 4) is 0 Å². The summed E-state index contributed by atoms with van der Waals surface area (Å²) in [6.45, 7) is 8.92. The first-order chi connectivity index (χ1) is 20.0. The molecule has 5 aromatic rings. The van der Waals surface area contributed by atoms with Crippen molar-refractivity contribution in [2.45, 2.75) is 39.4 Å². The summed E-state index contributed by atoms with van der Waals surface area (Å²) in [7, 11) is -0.721. The molecule has 6 rings (SSSR count). The lowest BCUT2D eigenvalue weighted by Gasteiger charge is -2.36. The van der Waals surface area contributed by atoms with E-state index in [1.165, 1.54) is 37.7 Å². The highest BCUT2D eigenvalue weighted by molar-refractivity contribution is 7.74. The molecule has 204 valence electrons. The maximum absolute atomic E-state index is 5.01. The highest BCUT2D eigenvalue weighted by Crippen LogP contribution is 2.49. The lowest BCUT2D eigenvalue weighted by Crippen LogP contribution is -2.41. The van der Waals surface area contributed by atoms with Gasteiger partial charge in [-0.3, -0.25) is 0 Å². The molecule has 3 atom stereocenters. The molecule has 1 aliphatic rings. The predicted octanol–water partition coefficient (Wildman–Crippen LogP) is 6.40. The lowest BCUT2D eigenvalue weighted by atomic mass is 9.88. The molecule has 0 bridgehead atoms. The maximum Gasteiger partial charge on any atom is 0.152 e. The number of fused-ring (bicyclic) bond motifs is 1. The molecule has 0 spiro atoms. The quantitative estimate of drug-likeness (QED) is 0.237. The smallest absolute Gasteiger partial charge is 0.152 e. The van der Waals surface area contributed by atoms with Gasteiger partial charge in [0.05, 0.1) is 11.7 Å². The van der Waals surface area contributed by atoms with Crippen LogP contribution in [0.1, 0.15) is 42.3 Å². The largest absolute Gasteiger partial charge is 0.362 e. The van der Waals surface area contributed by atoms with Gasteiger partial charge in [0.25, 0.3) is 0 Å². The Hall–Kier alpha value is -4.07. The van der Waals surface area contributed by atoms with Crippen molar-refractivity contribution in [3.05, 3.63) is 148 Å². The Morgan fingerprint density at radius 3 is 1.88 bits per heavy atom. The first-order valence-corrected chi connectivity index (χ1v) is 15.8. The molecule has 0 fully saturated rings. The van der Waals surface area contributed by atoms with Gasteiger partial charge < -0.3 is 5.32 Å². The zero-order chi connectivity index (χ0) is 28.3. The van der Waals surface area contributed by atoms with Gasteiger partial charge in [-0.25, -0.2) is 0 Å². The molecule has 0 saturated carbocycles. The topological polar surface area (TPSA) is 37.8 Å². The van der Waals surface area contributed by atoms with Crippen molar-refractivity contribution < 1.29 is 0 Å². The van der Waals surface area contributed by atoms with Crippen LogP contribution in [0.3, 0.4) is 0 Å². The molecule has 4 aromatic carbocycles. The Morgan fingerprint density at radius 1 is 0.683 bits per heavy atom. The molecular weight excluding hydrogens is 517 g/mol. The Labute approximate surface area is 244 Å². The van der Waals surface area contributed by atoms with Crippen molar-refractivity contribution in [2.24, 2.45) is 5.92 Å². The fourth-order valence-electron chi connectivity index (χ4n) is 5.99. The Balaban J connectivity index is 1.53. The minimum atomic E-state index is -0.721. The van der Waals surface area contributed by atoms with Gasteiger partial charge in [0.1, 0.15) is 0 Å². The molecule has 1 aromatic heterocycles. The van der Waals surface area contributed by atoms with Crippen LogP contribution in [-0.4, -0.2) is 15.9 Å². The Morgan fingerprint density at radius 2 is 1.24 bits per heavy atom. The van der Waals surface area contributed by atoms with E-state index in [4.69, 9.17) is 10.2 Å². The van der Waals surface area contributed by atoms with Gasteiger partial charge in [-0.05, 0) is 77.9 Å². The molecule has 1 heterocycles. The SMILES string of the molecule is Cc1c(N[C@H](C)c2ccccc2)nnc(C2=c3ccccc3=CC(C)C2P(c2ccccc2)c2ccccc2)c1C. The van der Waals surface area contributed by atoms with Gasteiger partial charge in [-0.2, -0.15) is 0 Å². The predicted molar refractivity (Wildman–Crippen MR) is 175 cm³/mol. The van der Waals surface area contributed by atoms with Crippen LogP contribution in [0.2, 0.25) is 0 Å². The summed E-state index contributed by atoms with van der Waals surface area (Å²) < 4.78 is 0. The monoisotopic (exact) mass is 553 g/mol. The van der Waals surface area contributed by atoms with Crippen molar-refractivity contribution in [1.29, 1.82) is 0 Å². The number of hydrogen-bond donors (Lipinski definition) is 1. The maximum atomic E-state index is 5.01. The Bertz CT molecular complexity index is 1730. The van der Waals surface area contributed by atoms with Crippen molar-refractivity contribution in [2.75, 3.05) is 5.32 Å². The highest BCUT2D eigenvalue weighted by Gasteiger charge is 2.36. The minimum Gasteiger partial charge on any atom is -0.362 e. The number of rotatable bonds is 7. The fourth-order valence-corrected chi connectivity index (χ4v) is 9.00. The summed E-state index contributed by atoms with van der Waals surface area (Å²) in [6, 6.07) is 41.5. The first-order valence-electron chi connectivity index (χ1n) is 14.4. The van der Waals surface area contributed by atoms with Crippen LogP contribution in [0.4, 0.5) is 5.82 Å². The van der Waals surface area contributed by atoms with Gasteiger partial charge in [0.2, 0.25) is 0 Å². The first kappa shape index (κ1) is 27.1. The third-order valence-corrected chi connectivity index (χ3v) is 11.3. The lowest BCUT2D eigenvalue weighted by molar-refractivity contribution is 0.786. The van der Waals surface area contributed by atoms with E-state index in [2.05, 4.69) is 148 Å². The number of aromatic nitrogens is 2. The van der Waals surface area contributed by atoms with Crippen LogP contribution >= 0.6 is 7.92 Å². The van der Waals surface area contributed by atoms with E-state index in [1.54, 1.807) is 0 Å². The van der Waals surface area contributed by atoms with Gasteiger partial charge in [0, 0.05) is 5.66 Å². The van der Waals surface area contributed by atoms with Gasteiger partial charge in [-0.15, -0.1) is 10.2 Å². The van der Waals surface area contributed by atoms with E-state index < -0.39 is 7.92 Å². The third kappa shape index (κ3) is 5.35. The van der Waals surface area contributed by atoms with Crippen LogP contribution in [0.5, 0.6) is 0 Å². The number of hydrogen-bond acceptors (Lipinski definition) is 3. The minimum absolute atomic E-state index is 0.129. The molecule has 1 N–H and O–H groups in total. The highest BCUT2D eigenvalue weighted by atomic mass is 31.1. The third-order valence-electron chi connectivity index (χ3n) is 8.26. The van der Waals surface area contributed by atoms with Crippen molar-refractivity contribution >= 4 is 36.0 Å². The van der Waals surface area contributed by atoms with E-state index in [-0.39, 0.29) is 11.7 Å². The summed E-state index contributed by atoms with van der Waals surface area (Å²) >= 11 is 0. The summed E-state index contributed by atoms with van der Waals surface area (Å²) in [5, 5.41) is 18.8. The summed E-state index contributed by atoms with van der Waals surface area (Å²) in [5.74, 6) is 1.17. The van der Waals surface area contributed by atoms with Crippen LogP contribution in [0.15, 0.2) is 115 Å². The van der Waals surface area contributed by atoms with Crippen LogP contribution in [-0.2, 0) is 0 Å². The second-order valence-electron chi connectivity index (χ2n) is 10.9. The summed E-state index contributed by atoms with van der Waals surface area (Å²) in [4.78, 5) is 0. The molecule has 0 aliphatic heterocycles.